The summed E-state index contributed by atoms with van der Waals surface area (Å²) in [7, 11) is 0. The fourth-order valence-electron chi connectivity index (χ4n) is 4.36. The van der Waals surface area contributed by atoms with E-state index in [0.29, 0.717) is 10.5 Å². The fourth-order valence-corrected chi connectivity index (χ4v) is 5.83. The zero-order valence-electron chi connectivity index (χ0n) is 17.6. The van der Waals surface area contributed by atoms with Gasteiger partial charge in [-0.2, -0.15) is 0 Å². The number of rotatable bonds is 5. The van der Waals surface area contributed by atoms with E-state index >= 15 is 0 Å². The van der Waals surface area contributed by atoms with Crippen molar-refractivity contribution in [2.24, 2.45) is 0 Å². The van der Waals surface area contributed by atoms with Gasteiger partial charge < -0.3 is 10.2 Å². The molecule has 3 unspecified atom stereocenters. The van der Waals surface area contributed by atoms with Crippen LogP contribution >= 0.6 is 11.8 Å². The largest absolute Gasteiger partial charge is 0.348 e. The Morgan fingerprint density at radius 1 is 1.16 bits per heavy atom. The van der Waals surface area contributed by atoms with Gasteiger partial charge in [0.1, 0.15) is 12.4 Å². The first-order valence-electron chi connectivity index (χ1n) is 10.8. The summed E-state index contributed by atoms with van der Waals surface area (Å²) >= 11 is 1.54. The van der Waals surface area contributed by atoms with Crippen molar-refractivity contribution >= 4 is 29.7 Å². The highest BCUT2D eigenvalue weighted by Crippen LogP contribution is 2.42. The lowest BCUT2D eigenvalue weighted by atomic mass is 9.93. The molecule has 4 rings (SSSR count). The molecule has 0 radical (unpaired) electrons. The smallest absolute Gasteiger partial charge is 0.261 e. The molecule has 1 heterocycles. The molecule has 2 amide bonds. The van der Waals surface area contributed by atoms with E-state index in [2.05, 4.69) is 5.32 Å². The quantitative estimate of drug-likeness (QED) is 0.674. The van der Waals surface area contributed by atoms with Gasteiger partial charge in [0.05, 0.1) is 10.9 Å². The van der Waals surface area contributed by atoms with Crippen LogP contribution in [0.5, 0.6) is 0 Å². The van der Waals surface area contributed by atoms with Gasteiger partial charge in [-0.1, -0.05) is 61.4 Å². The Hall–Kier alpha value is -2.60. The van der Waals surface area contributed by atoms with Crippen molar-refractivity contribution in [3.05, 3.63) is 76.4 Å². The van der Waals surface area contributed by atoms with Crippen LogP contribution in [0.3, 0.4) is 0 Å². The van der Waals surface area contributed by atoms with E-state index < -0.39 is 0 Å². The minimum Gasteiger partial charge on any atom is -0.348 e. The number of halogens is 1. The topological polar surface area (TPSA) is 49.4 Å². The molecule has 162 valence electrons. The maximum atomic E-state index is 14.2. The minimum absolute atomic E-state index is 0.0202. The number of hydrogen-bond donors (Lipinski definition) is 1. The second-order valence-electron chi connectivity index (χ2n) is 8.17. The van der Waals surface area contributed by atoms with Crippen LogP contribution in [0.2, 0.25) is 0 Å². The van der Waals surface area contributed by atoms with E-state index in [4.69, 9.17) is 0 Å². The van der Waals surface area contributed by atoms with E-state index in [0.717, 1.165) is 31.2 Å². The highest BCUT2D eigenvalue weighted by molar-refractivity contribution is 8.04. The van der Waals surface area contributed by atoms with Crippen molar-refractivity contribution < 1.29 is 14.0 Å². The monoisotopic (exact) mass is 438 g/mol. The molecule has 1 aliphatic carbocycles. The van der Waals surface area contributed by atoms with Crippen LogP contribution in [0.15, 0.2) is 59.5 Å². The lowest BCUT2D eigenvalue weighted by Gasteiger charge is -2.44. The third kappa shape index (κ3) is 5.01. The number of carbonyl (C=O) groups excluding carboxylic acids is 2. The summed E-state index contributed by atoms with van der Waals surface area (Å²) in [5, 5.41) is 3.25. The van der Waals surface area contributed by atoms with Gasteiger partial charge >= 0.3 is 0 Å². The summed E-state index contributed by atoms with van der Waals surface area (Å²) < 4.78 is 14.2. The molecule has 1 aliphatic heterocycles. The first-order chi connectivity index (χ1) is 15.0. The highest BCUT2D eigenvalue weighted by Gasteiger charge is 2.41. The molecule has 1 saturated carbocycles. The standard InChI is InChI=1S/C25H27FN2O2S/c1-17(18-9-3-2-4-10-18)27-24(29)16-28-21-13-7-8-14-22(21)31-23(25(28)30)15-19-11-5-6-12-20(19)26/h2-6,9-12,15,17,21-22H,7-8,13-14,16H2,1H3,(H,27,29)/b23-15-. The Morgan fingerprint density at radius 3 is 2.65 bits per heavy atom. The highest BCUT2D eigenvalue weighted by atomic mass is 32.2. The lowest BCUT2D eigenvalue weighted by Crippen LogP contribution is -2.54. The molecule has 3 atom stereocenters. The maximum absolute atomic E-state index is 14.2. The van der Waals surface area contributed by atoms with Crippen molar-refractivity contribution in [3.63, 3.8) is 0 Å². The van der Waals surface area contributed by atoms with Gasteiger partial charge in [0.15, 0.2) is 0 Å². The van der Waals surface area contributed by atoms with Crippen LogP contribution in [0.1, 0.15) is 49.8 Å². The number of amides is 2. The summed E-state index contributed by atoms with van der Waals surface area (Å²) in [6, 6.07) is 16.1. The Balaban J connectivity index is 1.53. The van der Waals surface area contributed by atoms with Gasteiger partial charge in [-0.3, -0.25) is 9.59 Å². The molecule has 0 bridgehead atoms. The van der Waals surface area contributed by atoms with E-state index in [1.165, 1.54) is 6.07 Å². The summed E-state index contributed by atoms with van der Waals surface area (Å²) in [4.78, 5) is 28.4. The van der Waals surface area contributed by atoms with Gasteiger partial charge in [-0.15, -0.1) is 11.8 Å². The van der Waals surface area contributed by atoms with Crippen LogP contribution in [-0.4, -0.2) is 34.6 Å². The normalized spacial score (nSPS) is 23.4. The number of nitrogens with one attached hydrogen (secondary N) is 1. The van der Waals surface area contributed by atoms with Gasteiger partial charge in [0.25, 0.3) is 5.91 Å². The van der Waals surface area contributed by atoms with Crippen molar-refractivity contribution in [3.8, 4) is 0 Å². The van der Waals surface area contributed by atoms with Gasteiger partial charge in [0, 0.05) is 16.9 Å². The molecule has 1 N–H and O–H groups in total. The van der Waals surface area contributed by atoms with E-state index in [-0.39, 0.29) is 41.5 Å². The number of hydrogen-bond acceptors (Lipinski definition) is 3. The Kier molecular flexibility index (Phi) is 6.76. The molecule has 2 aliphatic rings. The van der Waals surface area contributed by atoms with Crippen molar-refractivity contribution in [1.82, 2.24) is 10.2 Å². The summed E-state index contributed by atoms with van der Waals surface area (Å²) in [6.45, 7) is 1.96. The van der Waals surface area contributed by atoms with Crippen LogP contribution in [0.4, 0.5) is 4.39 Å². The summed E-state index contributed by atoms with van der Waals surface area (Å²) in [6.07, 6.45) is 5.69. The molecule has 2 fully saturated rings. The van der Waals surface area contributed by atoms with Gasteiger partial charge in [0.2, 0.25) is 5.91 Å². The van der Waals surface area contributed by atoms with E-state index in [1.807, 2.05) is 37.3 Å². The van der Waals surface area contributed by atoms with Crippen LogP contribution in [0, 0.1) is 5.82 Å². The molecule has 2 aromatic rings. The van der Waals surface area contributed by atoms with Crippen LogP contribution in [-0.2, 0) is 9.59 Å². The lowest BCUT2D eigenvalue weighted by molar-refractivity contribution is -0.135. The second kappa shape index (κ2) is 9.69. The fraction of sp³-hybridized carbons (Fsp3) is 0.360. The Morgan fingerprint density at radius 2 is 1.87 bits per heavy atom. The maximum Gasteiger partial charge on any atom is 0.261 e. The predicted molar refractivity (Wildman–Crippen MR) is 123 cm³/mol. The molecule has 1 saturated heterocycles. The molecular formula is C25H27FN2O2S. The molecule has 2 aromatic carbocycles. The van der Waals surface area contributed by atoms with Gasteiger partial charge in [-0.05, 0) is 37.5 Å². The van der Waals surface area contributed by atoms with Crippen molar-refractivity contribution in [2.45, 2.75) is 49.9 Å². The van der Waals surface area contributed by atoms with Crippen LogP contribution in [0.25, 0.3) is 6.08 Å². The summed E-state index contributed by atoms with van der Waals surface area (Å²) in [5.41, 5.74) is 1.42. The second-order valence-corrected chi connectivity index (χ2v) is 9.45. The summed E-state index contributed by atoms with van der Waals surface area (Å²) in [5.74, 6) is -0.708. The van der Waals surface area contributed by atoms with Crippen LogP contribution < -0.4 is 5.32 Å². The first kappa shape index (κ1) is 21.6. The Labute approximate surface area is 186 Å². The van der Waals surface area contributed by atoms with Crippen molar-refractivity contribution in [1.29, 1.82) is 0 Å². The van der Waals surface area contributed by atoms with Crippen molar-refractivity contribution in [2.75, 3.05) is 6.54 Å². The third-order valence-corrected chi connectivity index (χ3v) is 7.40. The molecule has 0 aromatic heterocycles. The zero-order valence-corrected chi connectivity index (χ0v) is 18.4. The predicted octanol–water partition coefficient (Wildman–Crippen LogP) is 4.93. The van der Waals surface area contributed by atoms with E-state index in [1.54, 1.807) is 40.9 Å². The minimum atomic E-state index is -0.352. The number of carbonyl (C=O) groups is 2. The molecule has 4 nitrogen and oxygen atoms in total. The molecular weight excluding hydrogens is 411 g/mol. The first-order valence-corrected chi connectivity index (χ1v) is 11.7. The van der Waals surface area contributed by atoms with Gasteiger partial charge in [-0.25, -0.2) is 4.39 Å². The number of thioether (sulfide) groups is 1. The zero-order chi connectivity index (χ0) is 21.8. The number of nitrogens with zero attached hydrogens (tertiary/aromatic N) is 1. The third-order valence-electron chi connectivity index (χ3n) is 6.00. The average Bonchev–Trinajstić information content (AvgIpc) is 2.78. The molecule has 0 spiro atoms. The SMILES string of the molecule is CC(NC(=O)CN1C(=O)/C(=C/c2ccccc2F)SC2CCCCC21)c1ccccc1. The number of fused-ring (bicyclic) bond motifs is 1. The molecule has 6 heteroatoms. The van der Waals surface area contributed by atoms with E-state index in [9.17, 15) is 14.0 Å². The number of benzene rings is 2. The molecule has 31 heavy (non-hydrogen) atoms. The average molecular weight is 439 g/mol. The Bertz CT molecular complexity index is 978.